The van der Waals surface area contributed by atoms with Crippen molar-refractivity contribution in [3.05, 3.63) is 53.3 Å². The van der Waals surface area contributed by atoms with E-state index in [2.05, 4.69) is 4.90 Å². The van der Waals surface area contributed by atoms with Crippen molar-refractivity contribution >= 4 is 11.6 Å². The van der Waals surface area contributed by atoms with Gasteiger partial charge in [-0.3, -0.25) is 4.90 Å². The van der Waals surface area contributed by atoms with Gasteiger partial charge in [-0.1, -0.05) is 30.2 Å². The van der Waals surface area contributed by atoms with E-state index < -0.39 is 5.82 Å². The molecule has 0 bridgehead atoms. The molecule has 0 spiro atoms. The van der Waals surface area contributed by atoms with E-state index >= 15 is 0 Å². The van der Waals surface area contributed by atoms with Crippen molar-refractivity contribution in [2.24, 2.45) is 0 Å². The average molecular weight is 350 g/mol. The van der Waals surface area contributed by atoms with Gasteiger partial charge in [-0.25, -0.2) is 4.39 Å². The highest BCUT2D eigenvalue weighted by Crippen LogP contribution is 2.34. The Labute approximate surface area is 146 Å². The molecule has 2 aromatic rings. The van der Waals surface area contributed by atoms with Gasteiger partial charge >= 0.3 is 0 Å². The highest BCUT2D eigenvalue weighted by atomic mass is 35.5. The summed E-state index contributed by atoms with van der Waals surface area (Å²) in [5.74, 6) is 0.532. The lowest BCUT2D eigenvalue weighted by atomic mass is 10.1. The summed E-state index contributed by atoms with van der Waals surface area (Å²) in [6.45, 7) is 3.57. The number of nitrogens with zero attached hydrogens (tertiary/aromatic N) is 1. The Hall–Kier alpha value is -1.78. The summed E-state index contributed by atoms with van der Waals surface area (Å²) in [5, 5.41) is 0.538. The van der Waals surface area contributed by atoms with Gasteiger partial charge in [-0.15, -0.1) is 0 Å². The molecule has 0 atom stereocenters. The minimum Gasteiger partial charge on any atom is -0.488 e. The molecule has 1 aliphatic heterocycles. The summed E-state index contributed by atoms with van der Waals surface area (Å²) in [5.41, 5.74) is 0. The fourth-order valence-corrected chi connectivity index (χ4v) is 3.00. The van der Waals surface area contributed by atoms with Gasteiger partial charge < -0.3 is 9.47 Å². The predicted molar refractivity (Wildman–Crippen MR) is 93.7 cm³/mol. The van der Waals surface area contributed by atoms with Crippen LogP contribution in [0, 0.1) is 5.82 Å². The van der Waals surface area contributed by atoms with Gasteiger partial charge in [-0.05, 0) is 56.3 Å². The molecule has 1 saturated heterocycles. The van der Waals surface area contributed by atoms with Crippen molar-refractivity contribution in [2.45, 2.75) is 19.3 Å². The Balaban J connectivity index is 1.65. The number of hydrogen-bond donors (Lipinski definition) is 0. The first kappa shape index (κ1) is 17.1. The van der Waals surface area contributed by atoms with E-state index in [1.165, 1.54) is 25.3 Å². The van der Waals surface area contributed by atoms with E-state index in [4.69, 9.17) is 21.1 Å². The number of para-hydroxylation sites is 1. The molecule has 3 nitrogen and oxygen atoms in total. The quantitative estimate of drug-likeness (QED) is 0.721. The summed E-state index contributed by atoms with van der Waals surface area (Å²) >= 11 is 5.95. The zero-order valence-electron chi connectivity index (χ0n) is 13.5. The zero-order chi connectivity index (χ0) is 16.8. The number of benzene rings is 2. The Morgan fingerprint density at radius 3 is 2.62 bits per heavy atom. The van der Waals surface area contributed by atoms with Gasteiger partial charge in [0, 0.05) is 11.6 Å². The molecule has 1 heterocycles. The van der Waals surface area contributed by atoms with Gasteiger partial charge in [0.15, 0.2) is 11.6 Å². The van der Waals surface area contributed by atoms with Crippen LogP contribution in [-0.2, 0) is 0 Å². The number of rotatable bonds is 6. The van der Waals surface area contributed by atoms with Crippen LogP contribution in [0.15, 0.2) is 42.5 Å². The lowest BCUT2D eigenvalue weighted by molar-refractivity contribution is 0.180. The van der Waals surface area contributed by atoms with Gasteiger partial charge in [0.2, 0.25) is 5.75 Å². The Morgan fingerprint density at radius 2 is 1.83 bits per heavy atom. The predicted octanol–water partition coefficient (Wildman–Crippen LogP) is 5.14. The summed E-state index contributed by atoms with van der Waals surface area (Å²) < 4.78 is 25.6. The van der Waals surface area contributed by atoms with Gasteiger partial charge in [0.05, 0.1) is 0 Å². The molecule has 0 aliphatic carbocycles. The van der Waals surface area contributed by atoms with Crippen LogP contribution >= 0.6 is 11.6 Å². The van der Waals surface area contributed by atoms with Crippen molar-refractivity contribution < 1.29 is 13.9 Å². The minimum absolute atomic E-state index is 0.0958. The van der Waals surface area contributed by atoms with Crippen molar-refractivity contribution in [1.82, 2.24) is 4.90 Å². The molecule has 0 unspecified atom stereocenters. The molecular formula is C19H21ClFNO2. The van der Waals surface area contributed by atoms with Gasteiger partial charge in [0.25, 0.3) is 0 Å². The number of hydrogen-bond acceptors (Lipinski definition) is 3. The Kier molecular flexibility index (Phi) is 5.94. The van der Waals surface area contributed by atoms with E-state index in [1.54, 1.807) is 36.4 Å². The molecule has 1 aliphatic rings. The topological polar surface area (TPSA) is 21.7 Å². The molecule has 0 amide bonds. The third kappa shape index (κ3) is 4.62. The summed E-state index contributed by atoms with van der Waals surface area (Å²) in [4.78, 5) is 2.38. The average Bonchev–Trinajstić information content (AvgIpc) is 2.59. The molecule has 128 valence electrons. The van der Waals surface area contributed by atoms with Crippen molar-refractivity contribution in [3.63, 3.8) is 0 Å². The number of piperidine rings is 1. The highest BCUT2D eigenvalue weighted by Gasteiger charge is 2.14. The van der Waals surface area contributed by atoms with Crippen LogP contribution in [0.1, 0.15) is 19.3 Å². The standard InChI is InChI=1S/C19H21ClFNO2/c20-15-6-4-7-16(14-15)24-19-17(21)8-5-9-18(19)23-13-12-22-10-2-1-3-11-22/h4-9,14H,1-3,10-13H2. The van der Waals surface area contributed by atoms with Crippen molar-refractivity contribution in [3.8, 4) is 17.2 Å². The molecule has 5 heteroatoms. The molecule has 1 fully saturated rings. The number of likely N-dealkylation sites (tertiary alicyclic amines) is 1. The lowest BCUT2D eigenvalue weighted by Crippen LogP contribution is -2.33. The van der Waals surface area contributed by atoms with Crippen LogP contribution in [0.5, 0.6) is 17.2 Å². The first-order valence-electron chi connectivity index (χ1n) is 8.29. The maximum atomic E-state index is 14.2. The molecule has 3 rings (SSSR count). The Bertz CT molecular complexity index is 674. The summed E-state index contributed by atoms with van der Waals surface area (Å²) in [6, 6.07) is 11.6. The first-order valence-corrected chi connectivity index (χ1v) is 8.67. The maximum Gasteiger partial charge on any atom is 0.204 e. The van der Waals surface area contributed by atoms with Crippen LogP contribution in [-0.4, -0.2) is 31.1 Å². The van der Waals surface area contributed by atoms with Crippen LogP contribution in [0.4, 0.5) is 4.39 Å². The highest BCUT2D eigenvalue weighted by molar-refractivity contribution is 6.30. The second-order valence-corrected chi connectivity index (χ2v) is 6.31. The number of ether oxygens (including phenoxy) is 2. The lowest BCUT2D eigenvalue weighted by Gasteiger charge is -2.26. The SMILES string of the molecule is Fc1cccc(OCCN2CCCCC2)c1Oc1cccc(Cl)c1. The molecule has 0 saturated carbocycles. The molecular weight excluding hydrogens is 329 g/mol. The largest absolute Gasteiger partial charge is 0.488 e. The normalized spacial score (nSPS) is 15.2. The Morgan fingerprint density at radius 1 is 1.04 bits per heavy atom. The first-order chi connectivity index (χ1) is 11.7. The van der Waals surface area contributed by atoms with E-state index in [0.717, 1.165) is 19.6 Å². The summed E-state index contributed by atoms with van der Waals surface area (Å²) in [6.07, 6.45) is 3.78. The van der Waals surface area contributed by atoms with Crippen LogP contribution in [0.25, 0.3) is 0 Å². The van der Waals surface area contributed by atoms with Crippen LogP contribution in [0.3, 0.4) is 0 Å². The van der Waals surface area contributed by atoms with E-state index in [9.17, 15) is 4.39 Å². The molecule has 0 N–H and O–H groups in total. The fourth-order valence-electron chi connectivity index (χ4n) is 2.82. The maximum absolute atomic E-state index is 14.2. The zero-order valence-corrected chi connectivity index (χ0v) is 14.3. The fraction of sp³-hybridized carbons (Fsp3) is 0.368. The van der Waals surface area contributed by atoms with E-state index in [-0.39, 0.29) is 5.75 Å². The smallest absolute Gasteiger partial charge is 0.204 e. The minimum atomic E-state index is -0.453. The van der Waals surface area contributed by atoms with E-state index in [0.29, 0.717) is 23.1 Å². The second-order valence-electron chi connectivity index (χ2n) is 5.88. The van der Waals surface area contributed by atoms with Crippen LogP contribution < -0.4 is 9.47 Å². The van der Waals surface area contributed by atoms with Crippen LogP contribution in [0.2, 0.25) is 5.02 Å². The van der Waals surface area contributed by atoms with Gasteiger partial charge in [0.1, 0.15) is 12.4 Å². The summed E-state index contributed by atoms with van der Waals surface area (Å²) in [7, 11) is 0. The molecule has 24 heavy (non-hydrogen) atoms. The van der Waals surface area contributed by atoms with E-state index in [1.807, 2.05) is 0 Å². The second kappa shape index (κ2) is 8.36. The van der Waals surface area contributed by atoms with Crippen molar-refractivity contribution in [1.29, 1.82) is 0 Å². The van der Waals surface area contributed by atoms with Gasteiger partial charge in [-0.2, -0.15) is 0 Å². The van der Waals surface area contributed by atoms with Crippen molar-refractivity contribution in [2.75, 3.05) is 26.2 Å². The third-order valence-corrected chi connectivity index (χ3v) is 4.30. The molecule has 2 aromatic carbocycles. The monoisotopic (exact) mass is 349 g/mol. The molecule has 0 aromatic heterocycles. The number of halogens is 2. The molecule has 0 radical (unpaired) electrons. The third-order valence-electron chi connectivity index (χ3n) is 4.06.